The fraction of sp³-hybridized carbons (Fsp3) is 1.00. The van der Waals surface area contributed by atoms with Crippen molar-refractivity contribution in [2.24, 2.45) is 5.92 Å². The number of aliphatic hydroxyl groups is 1. The summed E-state index contributed by atoms with van der Waals surface area (Å²) >= 11 is 0. The summed E-state index contributed by atoms with van der Waals surface area (Å²) in [7, 11) is 0. The summed E-state index contributed by atoms with van der Waals surface area (Å²) in [5.41, 5.74) is 0. The molecule has 1 unspecified atom stereocenters. The molecule has 0 bridgehead atoms. The van der Waals surface area contributed by atoms with E-state index >= 15 is 0 Å². The lowest BCUT2D eigenvalue weighted by Gasteiger charge is -2.15. The first-order valence-corrected chi connectivity index (χ1v) is 5.72. The lowest BCUT2D eigenvalue weighted by atomic mass is 10.1. The molecule has 1 fully saturated rings. The molecule has 0 saturated heterocycles. The maximum absolute atomic E-state index is 8.60. The van der Waals surface area contributed by atoms with Crippen molar-refractivity contribution in [1.29, 1.82) is 0 Å². The average molecular weight is 185 g/mol. The Morgan fingerprint density at radius 3 is 2.62 bits per heavy atom. The normalized spacial score (nSPS) is 18.9. The largest absolute Gasteiger partial charge is 0.396 e. The van der Waals surface area contributed by atoms with Crippen LogP contribution in [0.2, 0.25) is 0 Å². The second kappa shape index (κ2) is 6.39. The molecule has 1 aliphatic carbocycles. The number of aliphatic hydroxyl groups excluding tert-OH is 1. The Morgan fingerprint density at radius 2 is 2.08 bits per heavy atom. The third-order valence-corrected chi connectivity index (χ3v) is 2.87. The minimum absolute atomic E-state index is 0.347. The van der Waals surface area contributed by atoms with E-state index in [-0.39, 0.29) is 0 Å². The van der Waals surface area contributed by atoms with Gasteiger partial charge in [0, 0.05) is 12.6 Å². The molecule has 1 atom stereocenters. The zero-order chi connectivity index (χ0) is 9.52. The van der Waals surface area contributed by atoms with Crippen molar-refractivity contribution in [1.82, 2.24) is 5.32 Å². The first-order valence-electron chi connectivity index (χ1n) is 5.72. The van der Waals surface area contributed by atoms with Crippen molar-refractivity contribution in [2.45, 2.75) is 51.5 Å². The van der Waals surface area contributed by atoms with Crippen LogP contribution in [0.1, 0.15) is 45.4 Å². The summed E-state index contributed by atoms with van der Waals surface area (Å²) in [4.78, 5) is 0. The Hall–Kier alpha value is -0.0800. The molecule has 1 aliphatic rings. The number of nitrogens with one attached hydrogen (secondary N) is 1. The van der Waals surface area contributed by atoms with Gasteiger partial charge in [-0.05, 0) is 51.0 Å². The number of rotatable bonds is 8. The summed E-state index contributed by atoms with van der Waals surface area (Å²) in [6.45, 7) is 3.75. The average Bonchev–Trinajstić information content (AvgIpc) is 2.95. The fourth-order valence-electron chi connectivity index (χ4n) is 1.84. The Kier molecular flexibility index (Phi) is 5.40. The van der Waals surface area contributed by atoms with Gasteiger partial charge in [0.15, 0.2) is 0 Å². The minimum Gasteiger partial charge on any atom is -0.396 e. The smallest absolute Gasteiger partial charge is 0.0431 e. The van der Waals surface area contributed by atoms with Crippen LogP contribution >= 0.6 is 0 Å². The molecule has 0 heterocycles. The summed E-state index contributed by atoms with van der Waals surface area (Å²) in [6.07, 6.45) is 7.46. The van der Waals surface area contributed by atoms with Crippen LogP contribution in [0.4, 0.5) is 0 Å². The lowest BCUT2D eigenvalue weighted by molar-refractivity contribution is 0.282. The number of hydrogen-bond acceptors (Lipinski definition) is 2. The molecule has 0 aliphatic heterocycles. The van der Waals surface area contributed by atoms with E-state index in [0.29, 0.717) is 6.61 Å². The van der Waals surface area contributed by atoms with Crippen molar-refractivity contribution < 1.29 is 5.11 Å². The van der Waals surface area contributed by atoms with Crippen LogP contribution in [-0.4, -0.2) is 24.3 Å². The van der Waals surface area contributed by atoms with Crippen LogP contribution in [0.3, 0.4) is 0 Å². The van der Waals surface area contributed by atoms with Crippen molar-refractivity contribution >= 4 is 0 Å². The van der Waals surface area contributed by atoms with Gasteiger partial charge in [0.2, 0.25) is 0 Å². The molecule has 0 radical (unpaired) electrons. The van der Waals surface area contributed by atoms with Gasteiger partial charge in [-0.15, -0.1) is 0 Å². The molecule has 0 spiro atoms. The Morgan fingerprint density at radius 1 is 1.31 bits per heavy atom. The highest BCUT2D eigenvalue weighted by Gasteiger charge is 2.28. The van der Waals surface area contributed by atoms with Crippen molar-refractivity contribution in [3.8, 4) is 0 Å². The Balaban J connectivity index is 1.90. The van der Waals surface area contributed by atoms with Gasteiger partial charge in [0.25, 0.3) is 0 Å². The molecule has 2 heteroatoms. The van der Waals surface area contributed by atoms with E-state index < -0.39 is 0 Å². The van der Waals surface area contributed by atoms with Gasteiger partial charge in [0.05, 0.1) is 0 Å². The maximum Gasteiger partial charge on any atom is 0.0431 e. The van der Waals surface area contributed by atoms with Crippen LogP contribution in [0, 0.1) is 5.92 Å². The first-order chi connectivity index (χ1) is 6.38. The molecule has 0 aromatic carbocycles. The zero-order valence-electron chi connectivity index (χ0n) is 8.76. The standard InChI is InChI=1S/C11H23NO/c1-2-11(10-6-7-10)12-8-4-3-5-9-13/h10-13H,2-9H2,1H3. The van der Waals surface area contributed by atoms with Crippen molar-refractivity contribution in [3.05, 3.63) is 0 Å². The lowest BCUT2D eigenvalue weighted by Crippen LogP contribution is -2.31. The van der Waals surface area contributed by atoms with Gasteiger partial charge in [-0.2, -0.15) is 0 Å². The SMILES string of the molecule is CCC(NCCCCCO)C1CC1. The van der Waals surface area contributed by atoms with Crippen LogP contribution in [-0.2, 0) is 0 Å². The van der Waals surface area contributed by atoms with Gasteiger partial charge in [-0.25, -0.2) is 0 Å². The van der Waals surface area contributed by atoms with E-state index in [1.165, 1.54) is 25.7 Å². The van der Waals surface area contributed by atoms with Crippen molar-refractivity contribution in [3.63, 3.8) is 0 Å². The van der Waals surface area contributed by atoms with Gasteiger partial charge >= 0.3 is 0 Å². The summed E-state index contributed by atoms with van der Waals surface area (Å²) < 4.78 is 0. The van der Waals surface area contributed by atoms with Gasteiger partial charge in [-0.1, -0.05) is 6.92 Å². The van der Waals surface area contributed by atoms with Crippen LogP contribution < -0.4 is 5.32 Å². The van der Waals surface area contributed by atoms with Crippen LogP contribution in [0.5, 0.6) is 0 Å². The summed E-state index contributed by atoms with van der Waals surface area (Å²) in [5.74, 6) is 0.975. The van der Waals surface area contributed by atoms with Gasteiger partial charge < -0.3 is 10.4 Å². The van der Waals surface area contributed by atoms with E-state index in [1.807, 2.05) is 0 Å². The summed E-state index contributed by atoms with van der Waals surface area (Å²) in [5, 5.41) is 12.2. The molecule has 0 aromatic heterocycles. The third-order valence-electron chi connectivity index (χ3n) is 2.87. The molecule has 78 valence electrons. The Labute approximate surface area is 81.7 Å². The monoisotopic (exact) mass is 185 g/mol. The first kappa shape index (κ1) is 11.0. The van der Waals surface area contributed by atoms with Gasteiger partial charge in [-0.3, -0.25) is 0 Å². The molecule has 2 N–H and O–H groups in total. The molecule has 0 aromatic rings. The molecule has 1 saturated carbocycles. The van der Waals surface area contributed by atoms with Crippen LogP contribution in [0.25, 0.3) is 0 Å². The molecule has 1 rings (SSSR count). The number of hydrogen-bond donors (Lipinski definition) is 2. The van der Waals surface area contributed by atoms with E-state index in [0.717, 1.165) is 31.3 Å². The predicted octanol–water partition coefficient (Wildman–Crippen LogP) is 1.93. The fourth-order valence-corrected chi connectivity index (χ4v) is 1.84. The van der Waals surface area contributed by atoms with Gasteiger partial charge in [0.1, 0.15) is 0 Å². The third kappa shape index (κ3) is 4.63. The highest BCUT2D eigenvalue weighted by Crippen LogP contribution is 2.33. The van der Waals surface area contributed by atoms with E-state index in [1.54, 1.807) is 0 Å². The second-order valence-corrected chi connectivity index (χ2v) is 4.09. The predicted molar refractivity (Wildman–Crippen MR) is 55.7 cm³/mol. The van der Waals surface area contributed by atoms with E-state index in [2.05, 4.69) is 12.2 Å². The summed E-state index contributed by atoms with van der Waals surface area (Å²) in [6, 6.07) is 0.772. The molecular weight excluding hydrogens is 162 g/mol. The molecular formula is C11H23NO. The number of unbranched alkanes of at least 4 members (excludes halogenated alkanes) is 2. The highest BCUT2D eigenvalue weighted by molar-refractivity contribution is 4.85. The molecule has 13 heavy (non-hydrogen) atoms. The maximum atomic E-state index is 8.60. The Bertz CT molecular complexity index is 123. The molecule has 2 nitrogen and oxygen atoms in total. The zero-order valence-corrected chi connectivity index (χ0v) is 8.76. The second-order valence-electron chi connectivity index (χ2n) is 4.09. The minimum atomic E-state index is 0.347. The van der Waals surface area contributed by atoms with Crippen LogP contribution in [0.15, 0.2) is 0 Å². The molecule has 0 amide bonds. The quantitative estimate of drug-likeness (QED) is 0.566. The highest BCUT2D eigenvalue weighted by atomic mass is 16.2. The van der Waals surface area contributed by atoms with Crippen molar-refractivity contribution in [2.75, 3.05) is 13.2 Å². The topological polar surface area (TPSA) is 32.3 Å². The van der Waals surface area contributed by atoms with E-state index in [4.69, 9.17) is 5.11 Å². The van der Waals surface area contributed by atoms with E-state index in [9.17, 15) is 0 Å².